The van der Waals surface area contributed by atoms with Crippen molar-refractivity contribution in [3.05, 3.63) is 65.9 Å². The molecule has 134 valence electrons. The molecular weight excluding hydrogens is 332 g/mol. The highest BCUT2D eigenvalue weighted by Gasteiger charge is 2.08. The molecule has 2 N–H and O–H groups in total. The lowest BCUT2D eigenvalue weighted by molar-refractivity contribution is 0.0954. The van der Waals surface area contributed by atoms with Gasteiger partial charge in [-0.3, -0.25) is 4.79 Å². The molecule has 0 saturated carbocycles. The predicted octanol–water partition coefficient (Wildman–Crippen LogP) is 3.68. The quantitative estimate of drug-likeness (QED) is 0.524. The van der Waals surface area contributed by atoms with Crippen LogP contribution in [0.3, 0.4) is 0 Å². The Morgan fingerprint density at radius 3 is 2.65 bits per heavy atom. The molecule has 0 aliphatic carbocycles. The first kappa shape index (κ1) is 17.5. The van der Waals surface area contributed by atoms with Crippen LogP contribution in [0, 0.1) is 0 Å². The maximum Gasteiger partial charge on any atom is 0.513 e. The number of benzene rings is 2. The molecule has 0 unspecified atom stereocenters. The van der Waals surface area contributed by atoms with Gasteiger partial charge >= 0.3 is 6.16 Å². The van der Waals surface area contributed by atoms with Gasteiger partial charge in [0.1, 0.15) is 5.75 Å². The average Bonchev–Trinajstić information content (AvgIpc) is 3.10. The average molecular weight is 352 g/mol. The molecule has 0 radical (unpaired) electrons. The van der Waals surface area contributed by atoms with E-state index in [0.717, 1.165) is 17.5 Å². The number of hydrogen-bond donors (Lipinski definition) is 2. The van der Waals surface area contributed by atoms with Gasteiger partial charge in [0.05, 0.1) is 6.61 Å². The van der Waals surface area contributed by atoms with Crippen molar-refractivity contribution in [1.29, 1.82) is 0 Å². The van der Waals surface area contributed by atoms with Gasteiger partial charge in [0.15, 0.2) is 0 Å². The van der Waals surface area contributed by atoms with Gasteiger partial charge in [-0.2, -0.15) is 0 Å². The van der Waals surface area contributed by atoms with E-state index < -0.39 is 6.16 Å². The van der Waals surface area contributed by atoms with Gasteiger partial charge in [-0.25, -0.2) is 4.79 Å². The van der Waals surface area contributed by atoms with E-state index in [1.807, 2.05) is 12.3 Å². The van der Waals surface area contributed by atoms with E-state index in [2.05, 4.69) is 28.5 Å². The van der Waals surface area contributed by atoms with E-state index in [1.165, 1.54) is 5.39 Å². The number of aromatic amines is 1. The van der Waals surface area contributed by atoms with Crippen molar-refractivity contribution < 1.29 is 19.1 Å². The predicted molar refractivity (Wildman–Crippen MR) is 98.4 cm³/mol. The minimum absolute atomic E-state index is 0.173. The van der Waals surface area contributed by atoms with Crippen LogP contribution in [-0.4, -0.2) is 30.2 Å². The summed E-state index contributed by atoms with van der Waals surface area (Å²) in [7, 11) is 0. The van der Waals surface area contributed by atoms with Crippen LogP contribution in [-0.2, 0) is 11.2 Å². The minimum atomic E-state index is -0.760. The molecule has 3 aromatic rings. The number of H-pyrrole nitrogens is 1. The number of ether oxygens (including phenoxy) is 2. The van der Waals surface area contributed by atoms with Gasteiger partial charge in [0.2, 0.25) is 0 Å². The zero-order valence-corrected chi connectivity index (χ0v) is 14.5. The lowest BCUT2D eigenvalue weighted by Gasteiger charge is -2.07. The molecule has 1 amide bonds. The van der Waals surface area contributed by atoms with Gasteiger partial charge < -0.3 is 19.8 Å². The van der Waals surface area contributed by atoms with Crippen molar-refractivity contribution in [3.8, 4) is 5.75 Å². The standard InChI is InChI=1S/C20H20N2O4/c1-2-25-20(24)26-17-7-5-16(6-8-17)19(23)22-11-9-14-3-4-15-10-12-21-18(15)13-14/h3-8,10,12-13,21H,2,9,11H2,1H3,(H,22,23). The minimum Gasteiger partial charge on any atom is -0.434 e. The van der Waals surface area contributed by atoms with Crippen LogP contribution in [0.1, 0.15) is 22.8 Å². The number of fused-ring (bicyclic) bond motifs is 1. The molecule has 0 bridgehead atoms. The highest BCUT2D eigenvalue weighted by molar-refractivity contribution is 5.94. The van der Waals surface area contributed by atoms with Crippen LogP contribution in [0.15, 0.2) is 54.7 Å². The summed E-state index contributed by atoms with van der Waals surface area (Å²) >= 11 is 0. The fraction of sp³-hybridized carbons (Fsp3) is 0.200. The second-order valence-electron chi connectivity index (χ2n) is 5.71. The van der Waals surface area contributed by atoms with Crippen LogP contribution in [0.5, 0.6) is 5.75 Å². The normalized spacial score (nSPS) is 10.5. The largest absolute Gasteiger partial charge is 0.513 e. The lowest BCUT2D eigenvalue weighted by atomic mass is 10.1. The molecule has 0 atom stereocenters. The molecule has 26 heavy (non-hydrogen) atoms. The van der Waals surface area contributed by atoms with Gasteiger partial charge in [0, 0.05) is 23.8 Å². The maximum atomic E-state index is 12.2. The second kappa shape index (κ2) is 8.20. The maximum absolute atomic E-state index is 12.2. The third kappa shape index (κ3) is 4.42. The Morgan fingerprint density at radius 2 is 1.88 bits per heavy atom. The molecule has 0 saturated heterocycles. The highest BCUT2D eigenvalue weighted by atomic mass is 16.7. The fourth-order valence-corrected chi connectivity index (χ4v) is 2.59. The molecule has 0 aliphatic rings. The number of hydrogen-bond acceptors (Lipinski definition) is 4. The summed E-state index contributed by atoms with van der Waals surface area (Å²) in [6.45, 7) is 2.48. The van der Waals surface area contributed by atoms with Crippen LogP contribution in [0.4, 0.5) is 4.79 Å². The van der Waals surface area contributed by atoms with Crippen LogP contribution in [0.2, 0.25) is 0 Å². The third-order valence-corrected chi connectivity index (χ3v) is 3.90. The van der Waals surface area contributed by atoms with Crippen molar-refractivity contribution in [2.75, 3.05) is 13.2 Å². The van der Waals surface area contributed by atoms with E-state index in [4.69, 9.17) is 9.47 Å². The summed E-state index contributed by atoms with van der Waals surface area (Å²) < 4.78 is 9.66. The van der Waals surface area contributed by atoms with Gasteiger partial charge in [-0.1, -0.05) is 12.1 Å². The molecule has 1 aromatic heterocycles. The van der Waals surface area contributed by atoms with E-state index in [0.29, 0.717) is 17.9 Å². The van der Waals surface area contributed by atoms with E-state index in [1.54, 1.807) is 31.2 Å². The Kier molecular flexibility index (Phi) is 5.53. The van der Waals surface area contributed by atoms with Crippen LogP contribution < -0.4 is 10.1 Å². The number of aromatic nitrogens is 1. The Labute approximate surface area is 151 Å². The SMILES string of the molecule is CCOC(=O)Oc1ccc(C(=O)NCCc2ccc3cc[nH]c3c2)cc1. The summed E-state index contributed by atoms with van der Waals surface area (Å²) in [5, 5.41) is 4.06. The lowest BCUT2D eigenvalue weighted by Crippen LogP contribution is -2.25. The Bertz CT molecular complexity index is 900. The molecule has 2 aromatic carbocycles. The first-order chi connectivity index (χ1) is 12.7. The summed E-state index contributed by atoms with van der Waals surface area (Å²) in [5.74, 6) is 0.160. The summed E-state index contributed by atoms with van der Waals surface area (Å²) in [6.07, 6.45) is 1.89. The van der Waals surface area contributed by atoms with Crippen LogP contribution >= 0.6 is 0 Å². The Morgan fingerprint density at radius 1 is 1.08 bits per heavy atom. The van der Waals surface area contributed by atoms with E-state index >= 15 is 0 Å². The van der Waals surface area contributed by atoms with Gasteiger partial charge in [-0.05, 0) is 60.7 Å². The second-order valence-corrected chi connectivity index (χ2v) is 5.71. The fourth-order valence-electron chi connectivity index (χ4n) is 2.59. The molecule has 3 rings (SSSR count). The molecule has 0 fully saturated rings. The summed E-state index contributed by atoms with van der Waals surface area (Å²) in [6, 6.07) is 14.6. The van der Waals surface area contributed by atoms with Crippen molar-refractivity contribution in [2.45, 2.75) is 13.3 Å². The first-order valence-electron chi connectivity index (χ1n) is 8.44. The Balaban J connectivity index is 1.50. The third-order valence-electron chi connectivity index (χ3n) is 3.90. The summed E-state index contributed by atoms with van der Waals surface area (Å²) in [5.41, 5.74) is 2.74. The topological polar surface area (TPSA) is 80.4 Å². The first-order valence-corrected chi connectivity index (χ1v) is 8.44. The molecule has 6 heteroatoms. The van der Waals surface area contributed by atoms with Gasteiger partial charge in [0.25, 0.3) is 5.91 Å². The van der Waals surface area contributed by atoms with Crippen molar-refractivity contribution in [2.24, 2.45) is 0 Å². The highest BCUT2D eigenvalue weighted by Crippen LogP contribution is 2.15. The van der Waals surface area contributed by atoms with Crippen molar-refractivity contribution in [3.63, 3.8) is 0 Å². The Hall–Kier alpha value is -3.28. The molecule has 0 spiro atoms. The van der Waals surface area contributed by atoms with Crippen molar-refractivity contribution in [1.82, 2.24) is 10.3 Å². The number of amides is 1. The zero-order valence-electron chi connectivity index (χ0n) is 14.5. The molecule has 1 heterocycles. The molecule has 0 aliphatic heterocycles. The monoisotopic (exact) mass is 352 g/mol. The number of nitrogens with one attached hydrogen (secondary N) is 2. The molecular formula is C20H20N2O4. The van der Waals surface area contributed by atoms with Gasteiger partial charge in [-0.15, -0.1) is 0 Å². The summed E-state index contributed by atoms with van der Waals surface area (Å²) in [4.78, 5) is 26.6. The number of rotatable bonds is 6. The number of carbonyl (C=O) groups is 2. The smallest absolute Gasteiger partial charge is 0.434 e. The van der Waals surface area contributed by atoms with Crippen molar-refractivity contribution >= 4 is 23.0 Å². The van der Waals surface area contributed by atoms with E-state index in [9.17, 15) is 9.59 Å². The van der Waals surface area contributed by atoms with E-state index in [-0.39, 0.29) is 12.5 Å². The number of carbonyl (C=O) groups excluding carboxylic acids is 2. The zero-order chi connectivity index (χ0) is 18.4. The molecule has 6 nitrogen and oxygen atoms in total. The van der Waals surface area contributed by atoms with Crippen LogP contribution in [0.25, 0.3) is 10.9 Å².